The molecule has 0 aliphatic rings. The van der Waals surface area contributed by atoms with Crippen molar-refractivity contribution < 1.29 is 9.84 Å². The van der Waals surface area contributed by atoms with Crippen molar-refractivity contribution in [2.45, 2.75) is 19.9 Å². The molecule has 90 valence electrons. The van der Waals surface area contributed by atoms with Gasteiger partial charge in [0.1, 0.15) is 5.75 Å². The zero-order chi connectivity index (χ0) is 12.0. The Morgan fingerprint density at radius 3 is 2.69 bits per heavy atom. The second-order valence-corrected chi connectivity index (χ2v) is 4.31. The fourth-order valence-corrected chi connectivity index (χ4v) is 1.52. The molecule has 0 saturated carbocycles. The standard InChI is InChI=1S/C13H21NO2/c1-10(2)8-14-13(9-15)11-5-4-6-12(7-11)16-3/h4-7,10,13-15H,8-9H2,1-3H3. The molecule has 0 aromatic heterocycles. The molecular formula is C13H21NO2. The Bertz CT molecular complexity index is 313. The molecule has 3 nitrogen and oxygen atoms in total. The Morgan fingerprint density at radius 1 is 1.38 bits per heavy atom. The third-order valence-corrected chi connectivity index (χ3v) is 2.45. The van der Waals surface area contributed by atoms with Gasteiger partial charge in [-0.2, -0.15) is 0 Å². The molecule has 1 atom stereocenters. The SMILES string of the molecule is COc1cccc(C(CO)NCC(C)C)c1. The first-order valence-electron chi connectivity index (χ1n) is 5.65. The molecule has 0 aliphatic heterocycles. The van der Waals surface area contributed by atoms with E-state index >= 15 is 0 Å². The molecule has 1 unspecified atom stereocenters. The molecular weight excluding hydrogens is 202 g/mol. The third-order valence-electron chi connectivity index (χ3n) is 2.45. The Morgan fingerprint density at radius 2 is 2.12 bits per heavy atom. The average Bonchev–Trinajstić information content (AvgIpc) is 2.30. The highest BCUT2D eigenvalue weighted by atomic mass is 16.5. The zero-order valence-electron chi connectivity index (χ0n) is 10.2. The number of benzene rings is 1. The summed E-state index contributed by atoms with van der Waals surface area (Å²) in [5, 5.41) is 12.7. The molecule has 0 fully saturated rings. The Balaban J connectivity index is 2.70. The van der Waals surface area contributed by atoms with Crippen LogP contribution >= 0.6 is 0 Å². The summed E-state index contributed by atoms with van der Waals surface area (Å²) >= 11 is 0. The van der Waals surface area contributed by atoms with Crippen LogP contribution in [-0.2, 0) is 0 Å². The maximum absolute atomic E-state index is 9.35. The van der Waals surface area contributed by atoms with Crippen LogP contribution in [0.1, 0.15) is 25.5 Å². The van der Waals surface area contributed by atoms with Crippen LogP contribution in [0.15, 0.2) is 24.3 Å². The lowest BCUT2D eigenvalue weighted by atomic mass is 10.1. The van der Waals surface area contributed by atoms with E-state index in [0.29, 0.717) is 5.92 Å². The molecule has 1 rings (SSSR count). The number of rotatable bonds is 6. The fraction of sp³-hybridized carbons (Fsp3) is 0.538. The van der Waals surface area contributed by atoms with E-state index in [9.17, 15) is 5.11 Å². The van der Waals surface area contributed by atoms with Crippen LogP contribution in [0.5, 0.6) is 5.75 Å². The van der Waals surface area contributed by atoms with Gasteiger partial charge in [-0.1, -0.05) is 26.0 Å². The molecule has 2 N–H and O–H groups in total. The minimum absolute atomic E-state index is 0.0162. The maximum Gasteiger partial charge on any atom is 0.119 e. The zero-order valence-corrected chi connectivity index (χ0v) is 10.2. The lowest BCUT2D eigenvalue weighted by molar-refractivity contribution is 0.240. The van der Waals surface area contributed by atoms with Crippen LogP contribution in [-0.4, -0.2) is 25.4 Å². The predicted molar refractivity (Wildman–Crippen MR) is 65.7 cm³/mol. The minimum atomic E-state index is -0.0162. The van der Waals surface area contributed by atoms with E-state index in [4.69, 9.17) is 4.74 Å². The summed E-state index contributed by atoms with van der Waals surface area (Å²) in [5.74, 6) is 1.39. The summed E-state index contributed by atoms with van der Waals surface area (Å²) in [6.45, 7) is 5.28. The van der Waals surface area contributed by atoms with Crippen LogP contribution in [0.2, 0.25) is 0 Å². The quantitative estimate of drug-likeness (QED) is 0.774. The molecule has 16 heavy (non-hydrogen) atoms. The first kappa shape index (κ1) is 13.0. The van der Waals surface area contributed by atoms with Gasteiger partial charge in [0, 0.05) is 0 Å². The fourth-order valence-electron chi connectivity index (χ4n) is 1.52. The van der Waals surface area contributed by atoms with Crippen LogP contribution in [0.3, 0.4) is 0 Å². The van der Waals surface area contributed by atoms with Crippen LogP contribution < -0.4 is 10.1 Å². The highest BCUT2D eigenvalue weighted by molar-refractivity contribution is 5.30. The molecule has 0 bridgehead atoms. The van der Waals surface area contributed by atoms with Crippen molar-refractivity contribution in [3.05, 3.63) is 29.8 Å². The van der Waals surface area contributed by atoms with Crippen molar-refractivity contribution in [1.82, 2.24) is 5.32 Å². The van der Waals surface area contributed by atoms with Gasteiger partial charge in [0.05, 0.1) is 19.8 Å². The Kier molecular flexibility index (Phi) is 5.29. The van der Waals surface area contributed by atoms with Gasteiger partial charge in [-0.3, -0.25) is 0 Å². The van der Waals surface area contributed by atoms with Gasteiger partial charge in [0.25, 0.3) is 0 Å². The second-order valence-electron chi connectivity index (χ2n) is 4.31. The van der Waals surface area contributed by atoms with Gasteiger partial charge >= 0.3 is 0 Å². The van der Waals surface area contributed by atoms with E-state index in [-0.39, 0.29) is 12.6 Å². The topological polar surface area (TPSA) is 41.5 Å². The Hall–Kier alpha value is -1.06. The first-order chi connectivity index (χ1) is 7.67. The summed E-state index contributed by atoms with van der Waals surface area (Å²) in [6, 6.07) is 7.77. The van der Waals surface area contributed by atoms with E-state index in [1.54, 1.807) is 7.11 Å². The highest BCUT2D eigenvalue weighted by Gasteiger charge is 2.10. The maximum atomic E-state index is 9.35. The van der Waals surface area contributed by atoms with Gasteiger partial charge in [-0.05, 0) is 30.2 Å². The number of aliphatic hydroxyl groups excluding tert-OH is 1. The monoisotopic (exact) mass is 223 g/mol. The largest absolute Gasteiger partial charge is 0.497 e. The summed E-state index contributed by atoms with van der Waals surface area (Å²) in [5.41, 5.74) is 1.06. The first-order valence-corrected chi connectivity index (χ1v) is 5.65. The lowest BCUT2D eigenvalue weighted by Gasteiger charge is -2.18. The molecule has 1 aromatic rings. The molecule has 0 radical (unpaired) electrons. The highest BCUT2D eigenvalue weighted by Crippen LogP contribution is 2.18. The van der Waals surface area contributed by atoms with Crippen molar-refractivity contribution in [2.24, 2.45) is 5.92 Å². The van der Waals surface area contributed by atoms with Crippen molar-refractivity contribution in [3.63, 3.8) is 0 Å². The molecule has 1 aromatic carbocycles. The third kappa shape index (κ3) is 3.83. The number of nitrogens with one attached hydrogen (secondary N) is 1. The predicted octanol–water partition coefficient (Wildman–Crippen LogP) is 1.97. The van der Waals surface area contributed by atoms with Crippen molar-refractivity contribution in [3.8, 4) is 5.75 Å². The summed E-state index contributed by atoms with van der Waals surface area (Å²) in [4.78, 5) is 0. The Labute approximate surface area is 97.4 Å². The van der Waals surface area contributed by atoms with Crippen molar-refractivity contribution in [1.29, 1.82) is 0 Å². The second kappa shape index (κ2) is 6.51. The van der Waals surface area contributed by atoms with Gasteiger partial charge in [-0.25, -0.2) is 0 Å². The van der Waals surface area contributed by atoms with Crippen LogP contribution in [0, 0.1) is 5.92 Å². The number of hydrogen-bond acceptors (Lipinski definition) is 3. The van der Waals surface area contributed by atoms with Crippen molar-refractivity contribution in [2.75, 3.05) is 20.3 Å². The van der Waals surface area contributed by atoms with E-state index in [1.807, 2.05) is 24.3 Å². The van der Waals surface area contributed by atoms with E-state index in [2.05, 4.69) is 19.2 Å². The average molecular weight is 223 g/mol. The summed E-state index contributed by atoms with van der Waals surface area (Å²) in [6.07, 6.45) is 0. The number of hydrogen-bond donors (Lipinski definition) is 2. The smallest absolute Gasteiger partial charge is 0.119 e. The normalized spacial score (nSPS) is 12.8. The molecule has 0 saturated heterocycles. The molecule has 0 spiro atoms. The van der Waals surface area contributed by atoms with Gasteiger partial charge in [0.2, 0.25) is 0 Å². The molecule has 0 aliphatic carbocycles. The molecule has 0 amide bonds. The summed E-state index contributed by atoms with van der Waals surface area (Å²) < 4.78 is 5.17. The van der Waals surface area contributed by atoms with E-state index < -0.39 is 0 Å². The number of aliphatic hydroxyl groups is 1. The van der Waals surface area contributed by atoms with Crippen molar-refractivity contribution >= 4 is 0 Å². The van der Waals surface area contributed by atoms with Gasteiger partial charge in [-0.15, -0.1) is 0 Å². The van der Waals surface area contributed by atoms with Crippen LogP contribution in [0.4, 0.5) is 0 Å². The molecule has 3 heteroatoms. The van der Waals surface area contributed by atoms with E-state index in [0.717, 1.165) is 17.9 Å². The van der Waals surface area contributed by atoms with E-state index in [1.165, 1.54) is 0 Å². The number of methoxy groups -OCH3 is 1. The number of ether oxygens (including phenoxy) is 1. The van der Waals surface area contributed by atoms with Gasteiger partial charge < -0.3 is 15.2 Å². The lowest BCUT2D eigenvalue weighted by Crippen LogP contribution is -2.27. The summed E-state index contributed by atoms with van der Waals surface area (Å²) in [7, 11) is 1.65. The van der Waals surface area contributed by atoms with Gasteiger partial charge in [0.15, 0.2) is 0 Å². The molecule has 0 heterocycles. The minimum Gasteiger partial charge on any atom is -0.497 e. The van der Waals surface area contributed by atoms with Crippen LogP contribution in [0.25, 0.3) is 0 Å².